The predicted molar refractivity (Wildman–Crippen MR) is 98.5 cm³/mol. The number of esters is 1. The van der Waals surface area contributed by atoms with Crippen molar-refractivity contribution in [3.8, 4) is 5.75 Å². The fraction of sp³-hybridized carbons (Fsp3) is 0.190. The van der Waals surface area contributed by atoms with Gasteiger partial charge in [0.05, 0.1) is 19.8 Å². The van der Waals surface area contributed by atoms with Crippen LogP contribution < -0.4 is 9.64 Å². The van der Waals surface area contributed by atoms with Crippen molar-refractivity contribution in [1.29, 1.82) is 0 Å². The maximum atomic E-state index is 12.5. The average molecular weight is 335 g/mol. The summed E-state index contributed by atoms with van der Waals surface area (Å²) in [7, 11) is 3.06. The minimum atomic E-state index is -0.311. The number of hydrogen-bond donors (Lipinski definition) is 0. The average Bonchev–Trinajstić information content (AvgIpc) is 2.68. The van der Waals surface area contributed by atoms with Gasteiger partial charge in [0.2, 0.25) is 0 Å². The van der Waals surface area contributed by atoms with Crippen LogP contribution in [-0.4, -0.2) is 20.2 Å². The smallest absolute Gasteiger partial charge is 0.336 e. The van der Waals surface area contributed by atoms with Crippen LogP contribution in [0.1, 0.15) is 18.4 Å². The molecule has 0 aliphatic carbocycles. The third-order valence-corrected chi connectivity index (χ3v) is 4.40. The summed E-state index contributed by atoms with van der Waals surface area (Å²) in [5.41, 5.74) is 3.52. The van der Waals surface area contributed by atoms with Gasteiger partial charge in [-0.05, 0) is 36.8 Å². The molecule has 0 amide bonds. The van der Waals surface area contributed by atoms with E-state index in [2.05, 4.69) is 0 Å². The second-order valence-electron chi connectivity index (χ2n) is 5.79. The summed E-state index contributed by atoms with van der Waals surface area (Å²) in [4.78, 5) is 14.5. The molecule has 4 nitrogen and oxygen atoms in total. The van der Waals surface area contributed by atoms with Gasteiger partial charge >= 0.3 is 5.97 Å². The molecule has 0 radical (unpaired) electrons. The Bertz CT molecular complexity index is 807. The molecule has 3 rings (SSSR count). The van der Waals surface area contributed by atoms with E-state index in [0.29, 0.717) is 5.57 Å². The van der Waals surface area contributed by atoms with Crippen molar-refractivity contribution in [2.24, 2.45) is 0 Å². The lowest BCUT2D eigenvalue weighted by atomic mass is 9.87. The Morgan fingerprint density at radius 3 is 2.28 bits per heavy atom. The summed E-state index contributed by atoms with van der Waals surface area (Å²) in [6.45, 7) is 1.94. The Balaban J connectivity index is 2.03. The van der Waals surface area contributed by atoms with Crippen LogP contribution in [0, 0.1) is 0 Å². The molecule has 0 bridgehead atoms. The molecule has 1 heterocycles. The summed E-state index contributed by atoms with van der Waals surface area (Å²) >= 11 is 0. The highest BCUT2D eigenvalue weighted by atomic mass is 16.5. The zero-order chi connectivity index (χ0) is 17.8. The molecular weight excluding hydrogens is 314 g/mol. The Morgan fingerprint density at radius 2 is 1.68 bits per heavy atom. The highest BCUT2D eigenvalue weighted by molar-refractivity contribution is 5.93. The Morgan fingerprint density at radius 1 is 1.00 bits per heavy atom. The lowest BCUT2D eigenvalue weighted by Gasteiger charge is -2.31. The molecule has 0 spiro atoms. The fourth-order valence-corrected chi connectivity index (χ4v) is 3.08. The van der Waals surface area contributed by atoms with Gasteiger partial charge in [-0.3, -0.25) is 0 Å². The number of carbonyl (C=O) groups excluding carboxylic acids is 1. The van der Waals surface area contributed by atoms with Crippen molar-refractivity contribution in [1.82, 2.24) is 0 Å². The molecule has 0 fully saturated rings. The molecule has 2 aromatic rings. The van der Waals surface area contributed by atoms with Crippen LogP contribution in [0.3, 0.4) is 0 Å². The molecular formula is C21H21NO3. The topological polar surface area (TPSA) is 38.8 Å². The van der Waals surface area contributed by atoms with Crippen molar-refractivity contribution in [3.05, 3.63) is 83.7 Å². The van der Waals surface area contributed by atoms with Gasteiger partial charge in [0.15, 0.2) is 0 Å². The first-order chi connectivity index (χ1) is 12.2. The zero-order valence-corrected chi connectivity index (χ0v) is 14.6. The third kappa shape index (κ3) is 3.29. The van der Waals surface area contributed by atoms with Gasteiger partial charge in [-0.25, -0.2) is 4.79 Å². The van der Waals surface area contributed by atoms with Crippen molar-refractivity contribution in [3.63, 3.8) is 0 Å². The number of hydrogen-bond acceptors (Lipinski definition) is 4. The Hall–Kier alpha value is -3.01. The number of methoxy groups -OCH3 is 2. The minimum Gasteiger partial charge on any atom is -0.497 e. The highest BCUT2D eigenvalue weighted by Gasteiger charge is 2.29. The lowest BCUT2D eigenvalue weighted by Crippen LogP contribution is -2.26. The first-order valence-electron chi connectivity index (χ1n) is 8.11. The summed E-state index contributed by atoms with van der Waals surface area (Å²) in [5, 5.41) is 0. The molecule has 1 aliphatic rings. The van der Waals surface area contributed by atoms with Gasteiger partial charge in [0.25, 0.3) is 0 Å². The normalized spacial score (nSPS) is 16.8. The van der Waals surface area contributed by atoms with Crippen LogP contribution in [0.2, 0.25) is 0 Å². The molecule has 0 N–H and O–H groups in total. The lowest BCUT2D eigenvalue weighted by molar-refractivity contribution is -0.136. The maximum absolute atomic E-state index is 12.5. The molecule has 2 aromatic carbocycles. The molecule has 1 aliphatic heterocycles. The number of benzene rings is 2. The number of nitrogens with zero attached hydrogens (tertiary/aromatic N) is 1. The summed E-state index contributed by atoms with van der Waals surface area (Å²) < 4.78 is 10.3. The van der Waals surface area contributed by atoms with Gasteiger partial charge in [-0.15, -0.1) is 0 Å². The molecule has 0 saturated carbocycles. The van der Waals surface area contributed by atoms with Gasteiger partial charge in [0.1, 0.15) is 5.75 Å². The third-order valence-electron chi connectivity index (χ3n) is 4.40. The van der Waals surface area contributed by atoms with E-state index < -0.39 is 0 Å². The quantitative estimate of drug-likeness (QED) is 0.783. The molecule has 0 saturated heterocycles. The van der Waals surface area contributed by atoms with Crippen LogP contribution in [0.5, 0.6) is 5.75 Å². The van der Waals surface area contributed by atoms with E-state index in [1.807, 2.05) is 78.7 Å². The first-order valence-corrected chi connectivity index (χ1v) is 8.11. The van der Waals surface area contributed by atoms with Crippen LogP contribution in [0.4, 0.5) is 5.69 Å². The van der Waals surface area contributed by atoms with E-state index in [9.17, 15) is 4.79 Å². The first kappa shape index (κ1) is 16.8. The standard InChI is InChI=1S/C21H21NO3/c1-15-20(21(23)25-3)19(16-7-5-4-6-8-16)13-14-22(15)17-9-11-18(24-2)12-10-17/h4-14,19H,1-3H3. The summed E-state index contributed by atoms with van der Waals surface area (Å²) in [6, 6.07) is 17.7. The van der Waals surface area contributed by atoms with E-state index in [-0.39, 0.29) is 11.9 Å². The van der Waals surface area contributed by atoms with Gasteiger partial charge in [0, 0.05) is 23.5 Å². The van der Waals surface area contributed by atoms with Crippen LogP contribution in [0.25, 0.3) is 0 Å². The molecule has 128 valence electrons. The largest absolute Gasteiger partial charge is 0.497 e. The number of ether oxygens (including phenoxy) is 2. The van der Waals surface area contributed by atoms with Gasteiger partial charge in [-0.1, -0.05) is 36.4 Å². The van der Waals surface area contributed by atoms with Crippen molar-refractivity contribution in [2.75, 3.05) is 19.1 Å². The highest BCUT2D eigenvalue weighted by Crippen LogP contribution is 2.36. The number of carbonyl (C=O) groups is 1. The van der Waals surface area contributed by atoms with Crippen molar-refractivity contribution in [2.45, 2.75) is 12.8 Å². The van der Waals surface area contributed by atoms with E-state index in [1.165, 1.54) is 7.11 Å². The maximum Gasteiger partial charge on any atom is 0.336 e. The van der Waals surface area contributed by atoms with E-state index in [1.54, 1.807) is 7.11 Å². The van der Waals surface area contributed by atoms with E-state index in [4.69, 9.17) is 9.47 Å². The second kappa shape index (κ2) is 7.26. The van der Waals surface area contributed by atoms with E-state index >= 15 is 0 Å². The number of rotatable bonds is 4. The molecule has 25 heavy (non-hydrogen) atoms. The Labute approximate surface area is 148 Å². The van der Waals surface area contributed by atoms with Crippen LogP contribution >= 0.6 is 0 Å². The van der Waals surface area contributed by atoms with Gasteiger partial charge in [-0.2, -0.15) is 0 Å². The number of anilines is 1. The number of allylic oxidation sites excluding steroid dienone is 2. The SMILES string of the molecule is COC(=O)C1=C(C)N(c2ccc(OC)cc2)C=CC1c1ccccc1. The minimum absolute atomic E-state index is 0.122. The molecule has 1 unspecified atom stereocenters. The second-order valence-corrected chi connectivity index (χ2v) is 5.79. The van der Waals surface area contributed by atoms with Crippen LogP contribution in [0.15, 0.2) is 78.1 Å². The van der Waals surface area contributed by atoms with Crippen LogP contribution in [-0.2, 0) is 9.53 Å². The summed E-state index contributed by atoms with van der Waals surface area (Å²) in [6.07, 6.45) is 4.03. The van der Waals surface area contributed by atoms with Crippen molar-refractivity contribution < 1.29 is 14.3 Å². The summed E-state index contributed by atoms with van der Waals surface area (Å²) in [5.74, 6) is 0.360. The van der Waals surface area contributed by atoms with Crippen molar-refractivity contribution >= 4 is 11.7 Å². The van der Waals surface area contributed by atoms with Gasteiger partial charge < -0.3 is 14.4 Å². The predicted octanol–water partition coefficient (Wildman–Crippen LogP) is 4.26. The molecule has 1 atom stereocenters. The zero-order valence-electron chi connectivity index (χ0n) is 14.6. The monoisotopic (exact) mass is 335 g/mol. The molecule has 0 aromatic heterocycles. The fourth-order valence-electron chi connectivity index (χ4n) is 3.08. The molecule has 4 heteroatoms. The van der Waals surface area contributed by atoms with E-state index in [0.717, 1.165) is 22.7 Å². The Kier molecular flexibility index (Phi) is 4.89.